The minimum Gasteiger partial charge on any atom is -0.496 e. The maximum atomic E-state index is 13.3. The Balaban J connectivity index is 0.000000321. The lowest BCUT2D eigenvalue weighted by atomic mass is 9.84. The zero-order chi connectivity index (χ0) is 20.2. The quantitative estimate of drug-likeness (QED) is 0.772. The minimum absolute atomic E-state index is 0.165. The third-order valence-electron chi connectivity index (χ3n) is 4.62. The Bertz CT molecular complexity index is 688. The summed E-state index contributed by atoms with van der Waals surface area (Å²) in [6, 6.07) is 4.18. The van der Waals surface area contributed by atoms with E-state index in [1.807, 2.05) is 0 Å². The number of hydrogen-bond acceptors (Lipinski definition) is 4. The van der Waals surface area contributed by atoms with E-state index in [1.54, 1.807) is 0 Å². The van der Waals surface area contributed by atoms with Gasteiger partial charge in [-0.1, -0.05) is 0 Å². The predicted molar refractivity (Wildman–Crippen MR) is 87.1 cm³/mol. The van der Waals surface area contributed by atoms with E-state index in [9.17, 15) is 22.4 Å². The molecule has 0 spiro atoms. The molecule has 0 aliphatic carbocycles. The van der Waals surface area contributed by atoms with Gasteiger partial charge in [-0.05, 0) is 50.0 Å². The van der Waals surface area contributed by atoms with Crippen molar-refractivity contribution in [2.45, 2.75) is 25.1 Å². The SMILES string of the molecule is COc1ccc(F)cc1C(=O)N[C@@H]1CN2CCC1CC2.O=C(O)C(F)(F)F. The van der Waals surface area contributed by atoms with Gasteiger partial charge in [0.25, 0.3) is 5.91 Å². The Hall–Kier alpha value is -2.36. The van der Waals surface area contributed by atoms with E-state index in [4.69, 9.17) is 14.6 Å². The lowest BCUT2D eigenvalue weighted by molar-refractivity contribution is -0.192. The number of alkyl halides is 3. The number of carbonyl (C=O) groups excluding carboxylic acids is 1. The van der Waals surface area contributed by atoms with E-state index in [0.29, 0.717) is 11.7 Å². The lowest BCUT2D eigenvalue weighted by Gasteiger charge is -2.44. The molecular formula is C17H20F4N2O4. The molecule has 3 saturated heterocycles. The summed E-state index contributed by atoms with van der Waals surface area (Å²) in [5.74, 6) is -2.48. The number of ether oxygens (including phenoxy) is 1. The summed E-state index contributed by atoms with van der Waals surface area (Å²) in [6.07, 6.45) is -2.82. The number of methoxy groups -OCH3 is 1. The topological polar surface area (TPSA) is 78.9 Å². The van der Waals surface area contributed by atoms with Crippen LogP contribution in [0.2, 0.25) is 0 Å². The van der Waals surface area contributed by atoms with Crippen molar-refractivity contribution in [3.8, 4) is 5.75 Å². The highest BCUT2D eigenvalue weighted by Crippen LogP contribution is 2.28. The standard InChI is InChI=1S/C15H19FN2O2.C2HF3O2/c1-20-14-3-2-11(16)8-12(14)15(19)17-13-9-18-6-4-10(13)5-7-18;3-2(4,5)1(6)7/h2-3,8,10,13H,4-7,9H2,1H3,(H,17,19);(H,6,7)/t13-;/m1./s1. The van der Waals surface area contributed by atoms with Gasteiger partial charge in [-0.3, -0.25) is 4.79 Å². The highest BCUT2D eigenvalue weighted by atomic mass is 19.4. The Morgan fingerprint density at radius 2 is 1.85 bits per heavy atom. The number of nitrogens with zero attached hydrogens (tertiary/aromatic N) is 1. The normalized spacial score (nSPS) is 23.8. The van der Waals surface area contributed by atoms with Crippen molar-refractivity contribution in [2.75, 3.05) is 26.7 Å². The number of carboxylic acids is 1. The van der Waals surface area contributed by atoms with Crippen molar-refractivity contribution in [3.05, 3.63) is 29.6 Å². The molecule has 3 aliphatic rings. The molecule has 0 unspecified atom stereocenters. The smallest absolute Gasteiger partial charge is 0.490 e. The van der Waals surface area contributed by atoms with Crippen molar-refractivity contribution in [1.29, 1.82) is 0 Å². The van der Waals surface area contributed by atoms with Gasteiger partial charge in [0.15, 0.2) is 0 Å². The van der Waals surface area contributed by atoms with Crippen LogP contribution in [0.4, 0.5) is 17.6 Å². The number of fused-ring (bicyclic) bond motifs is 3. The van der Waals surface area contributed by atoms with Crippen LogP contribution in [0, 0.1) is 11.7 Å². The van der Waals surface area contributed by atoms with Crippen LogP contribution in [0.25, 0.3) is 0 Å². The molecule has 3 aliphatic heterocycles. The fraction of sp³-hybridized carbons (Fsp3) is 0.529. The molecule has 1 atom stereocenters. The number of halogens is 4. The van der Waals surface area contributed by atoms with Gasteiger partial charge < -0.3 is 20.1 Å². The number of nitrogens with one attached hydrogen (secondary N) is 1. The summed E-state index contributed by atoms with van der Waals surface area (Å²) in [7, 11) is 1.48. The number of aliphatic carboxylic acids is 1. The summed E-state index contributed by atoms with van der Waals surface area (Å²) in [4.78, 5) is 23.6. The van der Waals surface area contributed by atoms with Crippen LogP contribution in [-0.2, 0) is 4.79 Å². The highest BCUT2D eigenvalue weighted by molar-refractivity contribution is 5.97. The van der Waals surface area contributed by atoms with Crippen LogP contribution >= 0.6 is 0 Å². The molecule has 10 heteroatoms. The molecule has 0 aromatic heterocycles. The lowest BCUT2D eigenvalue weighted by Crippen LogP contribution is -2.57. The van der Waals surface area contributed by atoms with E-state index in [-0.39, 0.29) is 17.5 Å². The molecule has 0 radical (unpaired) electrons. The summed E-state index contributed by atoms with van der Waals surface area (Å²) < 4.78 is 50.2. The molecule has 2 bridgehead atoms. The first kappa shape index (κ1) is 20.9. The van der Waals surface area contributed by atoms with Gasteiger partial charge in [-0.15, -0.1) is 0 Å². The third-order valence-corrected chi connectivity index (χ3v) is 4.62. The first-order valence-corrected chi connectivity index (χ1v) is 8.28. The van der Waals surface area contributed by atoms with Gasteiger partial charge in [-0.25, -0.2) is 9.18 Å². The number of benzene rings is 1. The fourth-order valence-corrected chi connectivity index (χ4v) is 3.23. The Morgan fingerprint density at radius 1 is 1.26 bits per heavy atom. The van der Waals surface area contributed by atoms with Crippen molar-refractivity contribution in [1.82, 2.24) is 10.2 Å². The monoisotopic (exact) mass is 392 g/mol. The molecule has 4 rings (SSSR count). The summed E-state index contributed by atoms with van der Waals surface area (Å²) >= 11 is 0. The highest BCUT2D eigenvalue weighted by Gasteiger charge is 2.38. The van der Waals surface area contributed by atoms with E-state index in [2.05, 4.69) is 10.2 Å². The van der Waals surface area contributed by atoms with Crippen molar-refractivity contribution in [3.63, 3.8) is 0 Å². The van der Waals surface area contributed by atoms with Crippen molar-refractivity contribution >= 4 is 11.9 Å². The molecule has 3 fully saturated rings. The molecule has 1 amide bonds. The maximum absolute atomic E-state index is 13.3. The average Bonchev–Trinajstić information content (AvgIpc) is 2.62. The third kappa shape index (κ3) is 5.56. The number of carbonyl (C=O) groups is 2. The van der Waals surface area contributed by atoms with Gasteiger partial charge in [0.05, 0.1) is 12.7 Å². The minimum atomic E-state index is -5.08. The molecule has 3 heterocycles. The maximum Gasteiger partial charge on any atom is 0.490 e. The molecule has 2 N–H and O–H groups in total. The number of carboxylic acid groups (broad SMARTS) is 1. The Labute approximate surface area is 153 Å². The zero-order valence-corrected chi connectivity index (χ0v) is 14.6. The van der Waals surface area contributed by atoms with Crippen LogP contribution in [-0.4, -0.2) is 60.8 Å². The van der Waals surface area contributed by atoms with Crippen LogP contribution in [0.15, 0.2) is 18.2 Å². The van der Waals surface area contributed by atoms with Crippen LogP contribution in [0.5, 0.6) is 5.75 Å². The number of amides is 1. The predicted octanol–water partition coefficient (Wildman–Crippen LogP) is 2.29. The number of piperidine rings is 3. The first-order valence-electron chi connectivity index (χ1n) is 8.28. The molecule has 1 aromatic carbocycles. The van der Waals surface area contributed by atoms with Crippen LogP contribution in [0.3, 0.4) is 0 Å². The molecular weight excluding hydrogens is 372 g/mol. The molecule has 0 saturated carbocycles. The van der Waals surface area contributed by atoms with E-state index in [0.717, 1.165) is 32.5 Å². The molecule has 6 nitrogen and oxygen atoms in total. The summed E-state index contributed by atoms with van der Waals surface area (Å²) in [6.45, 7) is 3.15. The van der Waals surface area contributed by atoms with Crippen molar-refractivity contribution in [2.24, 2.45) is 5.92 Å². The second-order valence-corrected chi connectivity index (χ2v) is 6.37. The average molecular weight is 392 g/mol. The van der Waals surface area contributed by atoms with Crippen LogP contribution in [0.1, 0.15) is 23.2 Å². The van der Waals surface area contributed by atoms with Gasteiger partial charge in [0.2, 0.25) is 0 Å². The number of hydrogen-bond donors (Lipinski definition) is 2. The van der Waals surface area contributed by atoms with E-state index in [1.165, 1.54) is 25.3 Å². The van der Waals surface area contributed by atoms with Gasteiger partial charge in [0, 0.05) is 12.6 Å². The first-order chi connectivity index (χ1) is 12.6. The van der Waals surface area contributed by atoms with E-state index < -0.39 is 18.0 Å². The Kier molecular flexibility index (Phi) is 6.63. The molecule has 1 aromatic rings. The van der Waals surface area contributed by atoms with Gasteiger partial charge >= 0.3 is 12.1 Å². The molecule has 27 heavy (non-hydrogen) atoms. The van der Waals surface area contributed by atoms with Crippen molar-refractivity contribution < 1.29 is 37.0 Å². The second-order valence-electron chi connectivity index (χ2n) is 6.37. The van der Waals surface area contributed by atoms with Gasteiger partial charge in [-0.2, -0.15) is 13.2 Å². The zero-order valence-electron chi connectivity index (χ0n) is 14.6. The van der Waals surface area contributed by atoms with Crippen LogP contribution < -0.4 is 10.1 Å². The number of rotatable bonds is 3. The molecule has 150 valence electrons. The van der Waals surface area contributed by atoms with E-state index >= 15 is 0 Å². The Morgan fingerprint density at radius 3 is 2.30 bits per heavy atom. The summed E-state index contributed by atoms with van der Waals surface area (Å²) in [5.41, 5.74) is 0.268. The van der Waals surface area contributed by atoms with Gasteiger partial charge in [0.1, 0.15) is 11.6 Å². The fourth-order valence-electron chi connectivity index (χ4n) is 3.23. The second kappa shape index (κ2) is 8.55. The largest absolute Gasteiger partial charge is 0.496 e. The summed E-state index contributed by atoms with van der Waals surface area (Å²) in [5, 5.41) is 10.2.